The third-order valence-corrected chi connectivity index (χ3v) is 6.17. The summed E-state index contributed by atoms with van der Waals surface area (Å²) >= 11 is 0. The van der Waals surface area contributed by atoms with Crippen molar-refractivity contribution in [3.05, 3.63) is 102 Å². The minimum absolute atomic E-state index is 0.194. The monoisotopic (exact) mass is 381 g/mol. The molecule has 3 heteroatoms. The van der Waals surface area contributed by atoms with E-state index in [1.54, 1.807) is 0 Å². The summed E-state index contributed by atoms with van der Waals surface area (Å²) in [6, 6.07) is 25.2. The maximum Gasteiger partial charge on any atom is 0.337 e. The molecular weight excluding hydrogens is 358 g/mol. The van der Waals surface area contributed by atoms with Crippen LogP contribution >= 0.6 is 0 Å². The number of fused-ring (bicyclic) bond motifs is 3. The molecule has 29 heavy (non-hydrogen) atoms. The third-order valence-electron chi connectivity index (χ3n) is 6.17. The summed E-state index contributed by atoms with van der Waals surface area (Å²) in [7, 11) is 1.41. The lowest BCUT2D eigenvalue weighted by atomic mass is 9.76. The van der Waals surface area contributed by atoms with Gasteiger partial charge < -0.3 is 10.1 Å². The molecule has 0 saturated carbocycles. The summed E-state index contributed by atoms with van der Waals surface area (Å²) in [6.07, 6.45) is 5.71. The van der Waals surface area contributed by atoms with Crippen LogP contribution in [0.5, 0.6) is 0 Å². The number of carbonyl (C=O) groups excluding carboxylic acids is 1. The summed E-state index contributed by atoms with van der Waals surface area (Å²) in [5.41, 5.74) is 6.82. The van der Waals surface area contributed by atoms with E-state index in [2.05, 4.69) is 72.1 Å². The minimum Gasteiger partial charge on any atom is -0.465 e. The molecular formula is C26H23NO2. The van der Waals surface area contributed by atoms with Crippen molar-refractivity contribution in [2.45, 2.75) is 18.4 Å². The van der Waals surface area contributed by atoms with Crippen molar-refractivity contribution in [3.63, 3.8) is 0 Å². The van der Waals surface area contributed by atoms with Crippen molar-refractivity contribution >= 4 is 11.7 Å². The average molecular weight is 381 g/mol. The number of carbonyl (C=O) groups is 1. The Kier molecular flexibility index (Phi) is 4.44. The molecule has 5 rings (SSSR count). The van der Waals surface area contributed by atoms with Gasteiger partial charge in [-0.05, 0) is 41.2 Å². The molecule has 3 nitrogen and oxygen atoms in total. The van der Waals surface area contributed by atoms with Crippen molar-refractivity contribution in [1.29, 1.82) is 0 Å². The number of ether oxygens (including phenoxy) is 1. The van der Waals surface area contributed by atoms with Crippen LogP contribution < -0.4 is 5.32 Å². The fourth-order valence-corrected chi connectivity index (χ4v) is 4.75. The average Bonchev–Trinajstić information content (AvgIpc) is 3.28. The Bertz CT molecular complexity index is 1070. The molecule has 3 aromatic carbocycles. The summed E-state index contributed by atoms with van der Waals surface area (Å²) in [4.78, 5) is 11.8. The first kappa shape index (κ1) is 17.7. The molecule has 3 atom stereocenters. The lowest BCUT2D eigenvalue weighted by molar-refractivity contribution is 0.0600. The summed E-state index contributed by atoms with van der Waals surface area (Å²) in [5, 5.41) is 3.86. The van der Waals surface area contributed by atoms with Gasteiger partial charge in [0.2, 0.25) is 0 Å². The van der Waals surface area contributed by atoms with Gasteiger partial charge in [0.15, 0.2) is 0 Å². The van der Waals surface area contributed by atoms with Crippen LogP contribution in [-0.4, -0.2) is 13.1 Å². The first-order valence-corrected chi connectivity index (χ1v) is 10.1. The van der Waals surface area contributed by atoms with E-state index in [1.807, 2.05) is 18.2 Å². The summed E-state index contributed by atoms with van der Waals surface area (Å²) in [6.45, 7) is 0. The number of rotatable bonds is 3. The second-order valence-electron chi connectivity index (χ2n) is 7.72. The van der Waals surface area contributed by atoms with Crippen LogP contribution in [0.1, 0.15) is 39.9 Å². The second kappa shape index (κ2) is 7.25. The maximum atomic E-state index is 11.8. The van der Waals surface area contributed by atoms with Gasteiger partial charge in [-0.25, -0.2) is 4.79 Å². The largest absolute Gasteiger partial charge is 0.465 e. The van der Waals surface area contributed by atoms with E-state index in [-0.39, 0.29) is 12.0 Å². The number of methoxy groups -OCH3 is 1. The molecule has 1 aliphatic heterocycles. The highest BCUT2D eigenvalue weighted by molar-refractivity contribution is 5.89. The van der Waals surface area contributed by atoms with Crippen LogP contribution in [0.3, 0.4) is 0 Å². The van der Waals surface area contributed by atoms with E-state index in [0.29, 0.717) is 17.4 Å². The number of benzene rings is 3. The van der Waals surface area contributed by atoms with Gasteiger partial charge in [-0.3, -0.25) is 0 Å². The topological polar surface area (TPSA) is 38.3 Å². The number of esters is 1. The molecule has 1 heterocycles. The normalized spacial score (nSPS) is 21.8. The lowest BCUT2D eigenvalue weighted by Crippen LogP contribution is -2.29. The van der Waals surface area contributed by atoms with Crippen molar-refractivity contribution in [2.24, 2.45) is 5.92 Å². The minimum atomic E-state index is -0.301. The molecule has 0 radical (unpaired) electrons. The second-order valence-corrected chi connectivity index (χ2v) is 7.72. The van der Waals surface area contributed by atoms with E-state index in [0.717, 1.165) is 6.42 Å². The fourth-order valence-electron chi connectivity index (χ4n) is 4.75. The predicted molar refractivity (Wildman–Crippen MR) is 116 cm³/mol. The number of hydrogen-bond acceptors (Lipinski definition) is 3. The van der Waals surface area contributed by atoms with E-state index in [1.165, 1.54) is 35.1 Å². The Balaban J connectivity index is 1.57. The molecule has 0 unspecified atom stereocenters. The van der Waals surface area contributed by atoms with Crippen molar-refractivity contribution in [1.82, 2.24) is 0 Å². The molecule has 0 spiro atoms. The molecule has 0 aromatic heterocycles. The molecule has 144 valence electrons. The zero-order chi connectivity index (χ0) is 19.8. The van der Waals surface area contributed by atoms with Crippen LogP contribution in [0.2, 0.25) is 0 Å². The lowest BCUT2D eigenvalue weighted by Gasteiger charge is -2.38. The van der Waals surface area contributed by atoms with Gasteiger partial charge in [0.1, 0.15) is 0 Å². The van der Waals surface area contributed by atoms with Gasteiger partial charge in [-0.1, -0.05) is 72.8 Å². The Morgan fingerprint density at radius 3 is 2.52 bits per heavy atom. The maximum absolute atomic E-state index is 11.8. The zero-order valence-electron chi connectivity index (χ0n) is 16.3. The van der Waals surface area contributed by atoms with Crippen LogP contribution in [-0.2, 0) is 4.74 Å². The van der Waals surface area contributed by atoms with Crippen molar-refractivity contribution in [2.75, 3.05) is 12.4 Å². The highest BCUT2D eigenvalue weighted by atomic mass is 16.5. The molecule has 1 aliphatic carbocycles. The number of anilines is 1. The Morgan fingerprint density at radius 2 is 1.76 bits per heavy atom. The summed E-state index contributed by atoms with van der Waals surface area (Å²) in [5.74, 6) is 0.572. The van der Waals surface area contributed by atoms with Gasteiger partial charge >= 0.3 is 5.97 Å². The zero-order valence-corrected chi connectivity index (χ0v) is 16.3. The van der Waals surface area contributed by atoms with Crippen LogP contribution in [0.25, 0.3) is 11.1 Å². The van der Waals surface area contributed by atoms with Crippen LogP contribution in [0.15, 0.2) is 84.9 Å². The summed E-state index contributed by atoms with van der Waals surface area (Å²) < 4.78 is 4.84. The highest BCUT2D eigenvalue weighted by Gasteiger charge is 2.38. The molecule has 2 aliphatic rings. The molecule has 0 bridgehead atoms. The van der Waals surface area contributed by atoms with E-state index in [9.17, 15) is 4.79 Å². The SMILES string of the molecule is COC(=O)c1ccc([C@@H]2Nc3c(-c4ccccc4)cccc3[C@H]3C=CC[C@H]32)cc1. The van der Waals surface area contributed by atoms with Gasteiger partial charge in [-0.15, -0.1) is 0 Å². The van der Waals surface area contributed by atoms with Gasteiger partial charge in [0.25, 0.3) is 0 Å². The fraction of sp³-hybridized carbons (Fsp3) is 0.192. The first-order chi connectivity index (χ1) is 14.3. The standard InChI is InChI=1S/C26H23NO2/c1-29-26(28)19-15-13-18(14-16-19)24-22-11-6-10-21(22)23-12-5-9-20(25(23)27-24)17-7-3-2-4-8-17/h2-10,12-16,21-22,24,27H,11H2,1H3/t21-,22+,24-/m0/s1. The number of para-hydroxylation sites is 1. The molecule has 0 amide bonds. The molecule has 3 aromatic rings. The third kappa shape index (κ3) is 3.03. The van der Waals surface area contributed by atoms with Crippen LogP contribution in [0, 0.1) is 5.92 Å². The number of hydrogen-bond donors (Lipinski definition) is 1. The van der Waals surface area contributed by atoms with Crippen molar-refractivity contribution < 1.29 is 9.53 Å². The number of allylic oxidation sites excluding steroid dienone is 2. The molecule has 0 fully saturated rings. The smallest absolute Gasteiger partial charge is 0.337 e. The van der Waals surface area contributed by atoms with E-state index >= 15 is 0 Å². The van der Waals surface area contributed by atoms with Gasteiger partial charge in [0.05, 0.1) is 18.7 Å². The van der Waals surface area contributed by atoms with Crippen LogP contribution in [0.4, 0.5) is 5.69 Å². The first-order valence-electron chi connectivity index (χ1n) is 10.1. The van der Waals surface area contributed by atoms with Crippen molar-refractivity contribution in [3.8, 4) is 11.1 Å². The Labute approximate surface area is 171 Å². The number of nitrogens with one attached hydrogen (secondary N) is 1. The predicted octanol–water partition coefficient (Wildman–Crippen LogP) is 5.97. The van der Waals surface area contributed by atoms with E-state index in [4.69, 9.17) is 4.74 Å². The Morgan fingerprint density at radius 1 is 0.966 bits per heavy atom. The molecule has 1 N–H and O–H groups in total. The molecule has 0 saturated heterocycles. The van der Waals surface area contributed by atoms with E-state index < -0.39 is 0 Å². The van der Waals surface area contributed by atoms with Gasteiger partial charge in [0, 0.05) is 17.2 Å². The Hall–Kier alpha value is -3.33. The highest BCUT2D eigenvalue weighted by Crippen LogP contribution is 2.52. The quantitative estimate of drug-likeness (QED) is 0.449. The van der Waals surface area contributed by atoms with Gasteiger partial charge in [-0.2, -0.15) is 0 Å².